The van der Waals surface area contributed by atoms with Crippen molar-refractivity contribution in [3.8, 4) is 0 Å². The second-order valence-electron chi connectivity index (χ2n) is 5.75. The van der Waals surface area contributed by atoms with E-state index in [1.165, 1.54) is 12.1 Å². The Hall–Kier alpha value is -2.50. The summed E-state index contributed by atoms with van der Waals surface area (Å²) < 4.78 is 13.4. The van der Waals surface area contributed by atoms with Gasteiger partial charge < -0.3 is 9.88 Å². The van der Waals surface area contributed by atoms with Gasteiger partial charge in [0.25, 0.3) is 5.91 Å². The number of likely N-dealkylation sites (tertiary alicyclic amines) is 1. The van der Waals surface area contributed by atoms with E-state index in [0.29, 0.717) is 19.4 Å². The molecule has 23 heavy (non-hydrogen) atoms. The molecule has 1 aliphatic heterocycles. The van der Waals surface area contributed by atoms with Crippen molar-refractivity contribution in [3.05, 3.63) is 35.8 Å². The molecule has 6 heteroatoms. The number of aliphatic imine (C=N–C) groups is 1. The summed E-state index contributed by atoms with van der Waals surface area (Å²) in [6, 6.07) is 4.08. The van der Waals surface area contributed by atoms with Gasteiger partial charge in [-0.1, -0.05) is 0 Å². The zero-order chi connectivity index (χ0) is 16.4. The molecule has 3 rings (SSSR count). The first-order valence-electron chi connectivity index (χ1n) is 7.65. The molecular weight excluding hydrogens is 297 g/mol. The van der Waals surface area contributed by atoms with Crippen LogP contribution in [0.5, 0.6) is 0 Å². The number of hydrogen-bond acceptors (Lipinski definition) is 2. The maximum atomic E-state index is 13.4. The summed E-state index contributed by atoms with van der Waals surface area (Å²) in [5.41, 5.74) is 1.75. The van der Waals surface area contributed by atoms with Gasteiger partial charge in [-0.05, 0) is 49.7 Å². The minimum Gasteiger partial charge on any atom is -0.361 e. The van der Waals surface area contributed by atoms with E-state index in [1.807, 2.05) is 0 Å². The van der Waals surface area contributed by atoms with Crippen LogP contribution in [0, 0.1) is 5.82 Å². The third kappa shape index (κ3) is 3.02. The normalized spacial score (nSPS) is 17.6. The third-order valence-corrected chi connectivity index (χ3v) is 4.35. The van der Waals surface area contributed by atoms with Gasteiger partial charge in [0.05, 0.1) is 0 Å². The molecule has 1 fully saturated rings. The second kappa shape index (κ2) is 6.32. The van der Waals surface area contributed by atoms with Crippen molar-refractivity contribution in [1.29, 1.82) is 0 Å². The van der Waals surface area contributed by atoms with Crippen molar-refractivity contribution in [2.24, 2.45) is 4.99 Å². The highest BCUT2D eigenvalue weighted by Crippen LogP contribution is 2.23. The number of nitrogens with one attached hydrogen (secondary N) is 1. The van der Waals surface area contributed by atoms with E-state index >= 15 is 0 Å². The van der Waals surface area contributed by atoms with Crippen LogP contribution in [-0.4, -0.2) is 41.0 Å². The highest BCUT2D eigenvalue weighted by atomic mass is 19.1. The van der Waals surface area contributed by atoms with Crippen LogP contribution in [0.25, 0.3) is 10.9 Å². The van der Waals surface area contributed by atoms with Gasteiger partial charge in [-0.15, -0.1) is 0 Å². The molecule has 120 valence electrons. The maximum absolute atomic E-state index is 13.4. The van der Waals surface area contributed by atoms with Gasteiger partial charge in [0.2, 0.25) is 5.91 Å². The lowest BCUT2D eigenvalue weighted by Gasteiger charge is -2.22. The number of aromatic nitrogens is 1. The van der Waals surface area contributed by atoms with Crippen LogP contribution in [0.15, 0.2) is 29.4 Å². The fourth-order valence-electron chi connectivity index (χ4n) is 3.17. The number of benzene rings is 1. The van der Waals surface area contributed by atoms with E-state index in [2.05, 4.69) is 16.7 Å². The number of amides is 2. The predicted octanol–water partition coefficient (Wildman–Crippen LogP) is 2.46. The highest BCUT2D eigenvalue weighted by molar-refractivity contribution is 5.91. The number of fused-ring (bicyclic) bond motifs is 1. The Balaban J connectivity index is 1.69. The number of aromatic amines is 1. The SMILES string of the molecule is C=NC(=O)[C@@H]1CCCN1C(=O)CCc1c[nH]c2ccc(F)cc12. The molecule has 1 aromatic carbocycles. The average Bonchev–Trinajstić information content (AvgIpc) is 3.18. The van der Waals surface area contributed by atoms with E-state index in [-0.39, 0.29) is 24.1 Å². The molecule has 0 unspecified atom stereocenters. The molecule has 0 saturated carbocycles. The summed E-state index contributed by atoms with van der Waals surface area (Å²) in [6.45, 7) is 3.83. The summed E-state index contributed by atoms with van der Waals surface area (Å²) in [7, 11) is 0. The van der Waals surface area contributed by atoms with Gasteiger partial charge in [-0.25, -0.2) is 9.38 Å². The maximum Gasteiger partial charge on any atom is 0.267 e. The first-order chi connectivity index (χ1) is 11.1. The molecular formula is C17H18FN3O2. The average molecular weight is 315 g/mol. The van der Waals surface area contributed by atoms with Crippen molar-refractivity contribution in [3.63, 3.8) is 0 Å². The molecule has 0 aliphatic carbocycles. The van der Waals surface area contributed by atoms with Gasteiger partial charge >= 0.3 is 0 Å². The third-order valence-electron chi connectivity index (χ3n) is 4.35. The lowest BCUT2D eigenvalue weighted by Crippen LogP contribution is -2.39. The smallest absolute Gasteiger partial charge is 0.267 e. The monoisotopic (exact) mass is 315 g/mol. The number of H-pyrrole nitrogens is 1. The number of carbonyl (C=O) groups is 2. The van der Waals surface area contributed by atoms with E-state index < -0.39 is 6.04 Å². The Morgan fingerprint density at radius 1 is 1.43 bits per heavy atom. The van der Waals surface area contributed by atoms with Crippen molar-refractivity contribution in [1.82, 2.24) is 9.88 Å². The lowest BCUT2D eigenvalue weighted by molar-refractivity contribution is -0.137. The van der Waals surface area contributed by atoms with E-state index in [4.69, 9.17) is 0 Å². The Morgan fingerprint density at radius 2 is 2.26 bits per heavy atom. The molecule has 1 aromatic heterocycles. The topological polar surface area (TPSA) is 65.5 Å². The summed E-state index contributed by atoms with van der Waals surface area (Å²) >= 11 is 0. The predicted molar refractivity (Wildman–Crippen MR) is 85.9 cm³/mol. The van der Waals surface area contributed by atoms with Crippen LogP contribution >= 0.6 is 0 Å². The fourth-order valence-corrected chi connectivity index (χ4v) is 3.17. The fraction of sp³-hybridized carbons (Fsp3) is 0.353. The van der Waals surface area contributed by atoms with Gasteiger partial charge in [-0.3, -0.25) is 9.59 Å². The lowest BCUT2D eigenvalue weighted by atomic mass is 10.1. The number of nitrogens with zero attached hydrogens (tertiary/aromatic N) is 2. The van der Waals surface area contributed by atoms with Gasteiger partial charge in [-0.2, -0.15) is 0 Å². The number of carbonyl (C=O) groups excluding carboxylic acids is 2. The Kier molecular flexibility index (Phi) is 4.23. The molecule has 0 bridgehead atoms. The number of halogens is 1. The Morgan fingerprint density at radius 3 is 3.04 bits per heavy atom. The van der Waals surface area contributed by atoms with Crippen LogP contribution in [0.3, 0.4) is 0 Å². The minimum atomic E-state index is -0.472. The number of hydrogen-bond donors (Lipinski definition) is 1. The van der Waals surface area contributed by atoms with Crippen molar-refractivity contribution >= 4 is 29.4 Å². The molecule has 1 saturated heterocycles. The molecule has 2 heterocycles. The Labute approximate surface area is 133 Å². The number of rotatable bonds is 4. The number of aryl methyl sites for hydroxylation is 1. The second-order valence-corrected chi connectivity index (χ2v) is 5.75. The Bertz CT molecular complexity index is 768. The molecule has 1 N–H and O–H groups in total. The molecule has 1 aliphatic rings. The molecule has 0 spiro atoms. The summed E-state index contributed by atoms with van der Waals surface area (Å²) in [6.07, 6.45) is 4.03. The minimum absolute atomic E-state index is 0.0738. The van der Waals surface area contributed by atoms with Crippen molar-refractivity contribution in [2.75, 3.05) is 6.54 Å². The van der Waals surface area contributed by atoms with Gasteiger partial charge in [0, 0.05) is 30.1 Å². The highest BCUT2D eigenvalue weighted by Gasteiger charge is 2.33. The van der Waals surface area contributed by atoms with E-state index in [1.54, 1.807) is 17.2 Å². The molecule has 5 nitrogen and oxygen atoms in total. The van der Waals surface area contributed by atoms with Crippen LogP contribution in [0.4, 0.5) is 4.39 Å². The van der Waals surface area contributed by atoms with Crippen LogP contribution in [-0.2, 0) is 16.0 Å². The van der Waals surface area contributed by atoms with Crippen LogP contribution in [0.1, 0.15) is 24.8 Å². The largest absolute Gasteiger partial charge is 0.361 e. The zero-order valence-corrected chi connectivity index (χ0v) is 12.7. The van der Waals surface area contributed by atoms with E-state index in [9.17, 15) is 14.0 Å². The van der Waals surface area contributed by atoms with Crippen LogP contribution < -0.4 is 0 Å². The first kappa shape index (κ1) is 15.4. The first-order valence-corrected chi connectivity index (χ1v) is 7.65. The van der Waals surface area contributed by atoms with Gasteiger partial charge in [0.15, 0.2) is 0 Å². The van der Waals surface area contributed by atoms with Crippen molar-refractivity contribution < 1.29 is 14.0 Å². The summed E-state index contributed by atoms with van der Waals surface area (Å²) in [5, 5.41) is 0.791. The van der Waals surface area contributed by atoms with Gasteiger partial charge in [0.1, 0.15) is 11.9 Å². The standard InChI is InChI=1S/C17H18FN3O2/c1-19-17(23)15-3-2-8-21(15)16(22)7-4-11-10-20-14-6-5-12(18)9-13(11)14/h5-6,9-10,15,20H,1-4,7-8H2/t15-/m0/s1. The van der Waals surface area contributed by atoms with Crippen molar-refractivity contribution in [2.45, 2.75) is 31.7 Å². The van der Waals surface area contributed by atoms with E-state index in [0.717, 1.165) is 22.9 Å². The molecule has 2 aromatic rings. The molecule has 2 amide bonds. The molecule has 1 atom stereocenters. The van der Waals surface area contributed by atoms with Crippen LogP contribution in [0.2, 0.25) is 0 Å². The quantitative estimate of drug-likeness (QED) is 0.881. The molecule has 0 radical (unpaired) electrons. The summed E-state index contributed by atoms with van der Waals surface area (Å²) in [4.78, 5) is 32.2. The summed E-state index contributed by atoms with van der Waals surface area (Å²) in [5.74, 6) is -0.716. The zero-order valence-electron chi connectivity index (χ0n) is 12.7.